The fourth-order valence-corrected chi connectivity index (χ4v) is 5.60. The van der Waals surface area contributed by atoms with Crippen LogP contribution >= 0.6 is 0 Å². The highest BCUT2D eigenvalue weighted by Crippen LogP contribution is 2.31. The number of hydrogen-bond donors (Lipinski definition) is 2. The SMILES string of the molecule is COC(=O)[C@@H]1CN2C[C@H](O)C[C@@H]2CN1C(=O)[C@@H](NC(=O)[C@H](C)N(C)C(=O)OC(C)(C)C)C1CCCCC1. The smallest absolute Gasteiger partial charge is 0.410 e. The largest absolute Gasteiger partial charge is 0.467 e. The first kappa shape index (κ1) is 29.2. The van der Waals surface area contributed by atoms with Crippen molar-refractivity contribution in [3.63, 3.8) is 0 Å². The third-order valence-corrected chi connectivity index (χ3v) is 7.78. The molecule has 2 N–H and O–H groups in total. The average Bonchev–Trinajstić information content (AvgIpc) is 3.22. The summed E-state index contributed by atoms with van der Waals surface area (Å²) in [7, 11) is 2.79. The molecule has 5 atom stereocenters. The van der Waals surface area contributed by atoms with Crippen LogP contribution in [0, 0.1) is 5.92 Å². The number of fused-ring (bicyclic) bond motifs is 1. The van der Waals surface area contributed by atoms with Gasteiger partial charge in [0.1, 0.15) is 23.7 Å². The van der Waals surface area contributed by atoms with E-state index in [0.29, 0.717) is 13.0 Å². The Balaban J connectivity index is 1.81. The summed E-state index contributed by atoms with van der Waals surface area (Å²) in [5.41, 5.74) is -0.707. The summed E-state index contributed by atoms with van der Waals surface area (Å²) in [6, 6.07) is -2.57. The van der Waals surface area contributed by atoms with Crippen LogP contribution in [-0.2, 0) is 23.9 Å². The van der Waals surface area contributed by atoms with Crippen molar-refractivity contribution in [2.24, 2.45) is 5.92 Å². The van der Waals surface area contributed by atoms with E-state index in [0.717, 1.165) is 32.1 Å². The zero-order valence-electron chi connectivity index (χ0n) is 23.1. The van der Waals surface area contributed by atoms with Crippen molar-refractivity contribution in [1.29, 1.82) is 0 Å². The number of rotatable bonds is 6. The second-order valence-corrected chi connectivity index (χ2v) is 11.7. The van der Waals surface area contributed by atoms with Crippen LogP contribution in [0.5, 0.6) is 0 Å². The summed E-state index contributed by atoms with van der Waals surface area (Å²) in [6.45, 7) is 7.87. The van der Waals surface area contributed by atoms with Crippen molar-refractivity contribution in [2.45, 2.75) is 102 Å². The van der Waals surface area contributed by atoms with Gasteiger partial charge < -0.3 is 24.8 Å². The molecule has 2 aliphatic heterocycles. The number of ether oxygens (including phenoxy) is 2. The highest BCUT2D eigenvalue weighted by Gasteiger charge is 2.47. The number of nitrogens with zero attached hydrogens (tertiary/aromatic N) is 3. The van der Waals surface area contributed by atoms with Crippen molar-refractivity contribution in [3.8, 4) is 0 Å². The van der Waals surface area contributed by atoms with Crippen LogP contribution in [0.1, 0.15) is 66.2 Å². The summed E-state index contributed by atoms with van der Waals surface area (Å²) in [5.74, 6) is -1.36. The zero-order valence-corrected chi connectivity index (χ0v) is 23.1. The molecule has 0 aromatic carbocycles. The molecule has 0 unspecified atom stereocenters. The van der Waals surface area contributed by atoms with E-state index >= 15 is 0 Å². The van der Waals surface area contributed by atoms with Crippen molar-refractivity contribution < 1.29 is 33.8 Å². The molecule has 37 heavy (non-hydrogen) atoms. The molecule has 0 aromatic rings. The predicted molar refractivity (Wildman–Crippen MR) is 135 cm³/mol. The molecule has 11 heteroatoms. The van der Waals surface area contributed by atoms with Crippen molar-refractivity contribution >= 4 is 23.9 Å². The normalized spacial score (nSPS) is 26.6. The molecular weight excluding hydrogens is 480 g/mol. The highest BCUT2D eigenvalue weighted by molar-refractivity contribution is 5.93. The van der Waals surface area contributed by atoms with Gasteiger partial charge in [0.2, 0.25) is 11.8 Å². The topological polar surface area (TPSA) is 129 Å². The number of piperazine rings is 1. The van der Waals surface area contributed by atoms with Crippen LogP contribution < -0.4 is 5.32 Å². The standard InChI is InChI=1S/C26H44N4O7/c1-16(28(5)25(35)37-26(2,3)4)22(32)27-21(17-10-8-7-9-11-17)23(33)30-13-18-12-19(31)14-29(18)15-20(30)24(34)36-6/h16-21,31H,7-15H2,1-6H3,(H,27,32)/t16-,18+,19+,20-,21-/m0/s1. The quantitative estimate of drug-likeness (QED) is 0.495. The molecule has 2 heterocycles. The lowest BCUT2D eigenvalue weighted by molar-refractivity contribution is -0.159. The summed E-state index contributed by atoms with van der Waals surface area (Å²) >= 11 is 0. The predicted octanol–water partition coefficient (Wildman–Crippen LogP) is 1.13. The van der Waals surface area contributed by atoms with Crippen LogP contribution in [0.25, 0.3) is 0 Å². The molecule has 0 bridgehead atoms. The number of amides is 3. The summed E-state index contributed by atoms with van der Waals surface area (Å²) in [5, 5.41) is 13.1. The van der Waals surface area contributed by atoms with Crippen LogP contribution in [0.4, 0.5) is 4.79 Å². The lowest BCUT2D eigenvalue weighted by Gasteiger charge is -2.44. The van der Waals surface area contributed by atoms with Gasteiger partial charge in [-0.05, 0) is 52.9 Å². The van der Waals surface area contributed by atoms with E-state index in [1.807, 2.05) is 4.90 Å². The van der Waals surface area contributed by atoms with Gasteiger partial charge in [0, 0.05) is 32.7 Å². The fourth-order valence-electron chi connectivity index (χ4n) is 5.60. The van der Waals surface area contributed by atoms with E-state index in [1.165, 1.54) is 24.0 Å². The lowest BCUT2D eigenvalue weighted by Crippen LogP contribution is -2.65. The lowest BCUT2D eigenvalue weighted by atomic mass is 9.82. The van der Waals surface area contributed by atoms with Gasteiger partial charge in [-0.3, -0.25) is 19.4 Å². The molecule has 0 radical (unpaired) electrons. The Labute approximate surface area is 219 Å². The van der Waals surface area contributed by atoms with Gasteiger partial charge in [0.25, 0.3) is 0 Å². The minimum absolute atomic E-state index is 0.0558. The monoisotopic (exact) mass is 524 g/mol. The molecule has 0 spiro atoms. The van der Waals surface area contributed by atoms with Gasteiger partial charge in [0.15, 0.2) is 0 Å². The zero-order chi connectivity index (χ0) is 27.5. The summed E-state index contributed by atoms with van der Waals surface area (Å²) < 4.78 is 10.4. The number of esters is 1. The average molecular weight is 525 g/mol. The number of nitrogens with one attached hydrogen (secondary N) is 1. The second-order valence-electron chi connectivity index (χ2n) is 11.7. The molecule has 2 saturated heterocycles. The molecule has 3 rings (SSSR count). The van der Waals surface area contributed by atoms with Gasteiger partial charge in [0.05, 0.1) is 13.2 Å². The van der Waals surface area contributed by atoms with E-state index in [2.05, 4.69) is 5.32 Å². The summed E-state index contributed by atoms with van der Waals surface area (Å²) in [6.07, 6.45) is 3.97. The Morgan fingerprint density at radius 2 is 1.70 bits per heavy atom. The fraction of sp³-hybridized carbons (Fsp3) is 0.846. The van der Waals surface area contributed by atoms with E-state index < -0.39 is 47.8 Å². The van der Waals surface area contributed by atoms with Crippen molar-refractivity contribution in [1.82, 2.24) is 20.0 Å². The molecule has 3 fully saturated rings. The number of methoxy groups -OCH3 is 1. The second kappa shape index (κ2) is 12.0. The van der Waals surface area contributed by atoms with E-state index in [-0.39, 0.29) is 31.0 Å². The van der Waals surface area contributed by atoms with Crippen molar-refractivity contribution in [2.75, 3.05) is 33.8 Å². The van der Waals surface area contributed by atoms with Gasteiger partial charge >= 0.3 is 12.1 Å². The Kier molecular flexibility index (Phi) is 9.44. The van der Waals surface area contributed by atoms with Crippen molar-refractivity contribution in [3.05, 3.63) is 0 Å². The van der Waals surface area contributed by atoms with E-state index in [9.17, 15) is 24.3 Å². The minimum atomic E-state index is -0.869. The molecule has 3 amide bonds. The van der Waals surface area contributed by atoms with Crippen LogP contribution in [-0.4, -0.2) is 113 Å². The molecule has 1 saturated carbocycles. The molecular formula is C26H44N4O7. The first-order chi connectivity index (χ1) is 17.3. The Morgan fingerprint density at radius 3 is 2.30 bits per heavy atom. The maximum Gasteiger partial charge on any atom is 0.410 e. The maximum absolute atomic E-state index is 14.1. The van der Waals surface area contributed by atoms with Crippen LogP contribution in [0.3, 0.4) is 0 Å². The molecule has 11 nitrogen and oxygen atoms in total. The first-order valence-corrected chi connectivity index (χ1v) is 13.4. The Morgan fingerprint density at radius 1 is 1.05 bits per heavy atom. The number of carbonyl (C=O) groups excluding carboxylic acids is 4. The highest BCUT2D eigenvalue weighted by atomic mass is 16.6. The number of carbonyl (C=O) groups is 4. The molecule has 210 valence electrons. The van der Waals surface area contributed by atoms with Gasteiger partial charge in [-0.2, -0.15) is 0 Å². The van der Waals surface area contributed by atoms with E-state index in [4.69, 9.17) is 9.47 Å². The van der Waals surface area contributed by atoms with Crippen LogP contribution in [0.15, 0.2) is 0 Å². The third-order valence-electron chi connectivity index (χ3n) is 7.78. The van der Waals surface area contributed by atoms with Crippen LogP contribution in [0.2, 0.25) is 0 Å². The Hall–Kier alpha value is -2.40. The Bertz CT molecular complexity index is 854. The minimum Gasteiger partial charge on any atom is -0.467 e. The van der Waals surface area contributed by atoms with E-state index in [1.54, 1.807) is 27.7 Å². The van der Waals surface area contributed by atoms with Gasteiger partial charge in [-0.25, -0.2) is 9.59 Å². The number of aliphatic hydroxyl groups excluding tert-OH is 1. The summed E-state index contributed by atoms with van der Waals surface area (Å²) in [4.78, 5) is 57.4. The molecule has 3 aliphatic rings. The third kappa shape index (κ3) is 7.13. The maximum atomic E-state index is 14.1. The number of hydrogen-bond acceptors (Lipinski definition) is 8. The van der Waals surface area contributed by atoms with Gasteiger partial charge in [-0.15, -0.1) is 0 Å². The first-order valence-electron chi connectivity index (χ1n) is 13.4. The number of likely N-dealkylation sites (N-methyl/N-ethyl adjacent to an activating group) is 1. The molecule has 1 aliphatic carbocycles. The van der Waals surface area contributed by atoms with Gasteiger partial charge in [-0.1, -0.05) is 19.3 Å². The molecule has 0 aromatic heterocycles. The number of aliphatic hydroxyl groups is 1.